The Labute approximate surface area is 214 Å². The van der Waals surface area contributed by atoms with Gasteiger partial charge in [0.15, 0.2) is 11.0 Å². The van der Waals surface area contributed by atoms with Crippen LogP contribution in [-0.2, 0) is 29.5 Å². The number of nitrogen functional groups attached to an aromatic ring is 1. The summed E-state index contributed by atoms with van der Waals surface area (Å²) in [6.45, 7) is 0.531. The van der Waals surface area contributed by atoms with E-state index in [2.05, 4.69) is 30.3 Å². The highest BCUT2D eigenvalue weighted by Crippen LogP contribution is 2.42. The van der Waals surface area contributed by atoms with E-state index in [-0.39, 0.29) is 24.1 Å². The van der Waals surface area contributed by atoms with Gasteiger partial charge in [-0.15, -0.1) is 5.10 Å². The Morgan fingerprint density at radius 2 is 1.95 bits per heavy atom. The normalized spacial score (nSPS) is 22.0. The molecule has 17 heteroatoms. The van der Waals surface area contributed by atoms with E-state index in [4.69, 9.17) is 20.3 Å². The number of aromatic amines is 1. The smallest absolute Gasteiger partial charge is 0.242 e. The van der Waals surface area contributed by atoms with Crippen LogP contribution in [0.15, 0.2) is 40.1 Å². The first-order valence-electron chi connectivity index (χ1n) is 11.0. The Kier molecular flexibility index (Phi) is 5.75. The number of rotatable bonds is 6. The van der Waals surface area contributed by atoms with E-state index < -0.39 is 42.0 Å². The highest BCUT2D eigenvalue weighted by molar-refractivity contribution is 7.92. The summed E-state index contributed by atoms with van der Waals surface area (Å²) in [7, 11) is -9.07. The van der Waals surface area contributed by atoms with Crippen molar-refractivity contribution >= 4 is 46.7 Å². The molecule has 0 amide bonds. The third-order valence-electron chi connectivity index (χ3n) is 6.28. The van der Waals surface area contributed by atoms with Crippen molar-refractivity contribution in [1.29, 1.82) is 0 Å². The van der Waals surface area contributed by atoms with Crippen molar-refractivity contribution in [2.75, 3.05) is 18.9 Å². The number of fused-ring (bicyclic) bond motifs is 2. The Hall–Kier alpha value is -3.06. The Morgan fingerprint density at radius 3 is 2.70 bits per heavy atom. The van der Waals surface area contributed by atoms with E-state index in [1.54, 1.807) is 12.1 Å². The third kappa shape index (κ3) is 4.17. The number of para-hydroxylation sites is 1. The number of anilines is 1. The van der Waals surface area contributed by atoms with E-state index >= 15 is 0 Å². The number of nitrogens with zero attached hydrogens (tertiary/aromatic N) is 4. The molecule has 6 N–H and O–H groups in total. The lowest BCUT2D eigenvalue weighted by atomic mass is 9.98. The molecule has 3 atom stereocenters. The van der Waals surface area contributed by atoms with Gasteiger partial charge < -0.3 is 15.2 Å². The van der Waals surface area contributed by atoms with Gasteiger partial charge in [-0.05, 0) is 34.5 Å². The molecular weight excluding hydrogens is 544 g/mol. The second-order valence-electron chi connectivity index (χ2n) is 8.54. The van der Waals surface area contributed by atoms with Crippen LogP contribution in [0.2, 0.25) is 0 Å². The second-order valence-corrected chi connectivity index (χ2v) is 12.8. The Balaban J connectivity index is 1.58. The van der Waals surface area contributed by atoms with Crippen LogP contribution in [0.5, 0.6) is 0 Å². The first-order chi connectivity index (χ1) is 17.6. The number of benzene rings is 2. The molecule has 4 heterocycles. The van der Waals surface area contributed by atoms with Crippen molar-refractivity contribution < 1.29 is 26.3 Å². The average molecular weight is 565 g/mol. The maximum atomic E-state index is 13.6. The first kappa shape index (κ1) is 24.3. The number of aromatic nitrogens is 5. The van der Waals surface area contributed by atoms with Gasteiger partial charge in [0.05, 0.1) is 34.5 Å². The molecular formula is C20H20N8O6S3. The molecule has 2 aromatic heterocycles. The van der Waals surface area contributed by atoms with Gasteiger partial charge in [-0.2, -0.15) is 0 Å². The molecule has 0 saturated carbocycles. The van der Waals surface area contributed by atoms with Crippen LogP contribution < -0.4 is 15.6 Å². The zero-order valence-electron chi connectivity index (χ0n) is 18.9. The molecule has 2 aliphatic heterocycles. The monoisotopic (exact) mass is 564 g/mol. The maximum absolute atomic E-state index is 13.6. The Morgan fingerprint density at radius 1 is 1.11 bits per heavy atom. The standard InChI is InChI=1S/C20H20N8O6S3/c21-20-23-16-10(2-1-3-13(16)35-20)9-4-5-14(18(36(22,29)30)15(9)19-24-27-28-25-19)37(31,32)26-11-8-34-12-6-7-33-17(11)12/h1-5,11-12,17,26H,6-8H2,(H2,21,23)(H2,22,29,30)(H,24,25,27,28)/t11-,12+,17+/m0/s1. The SMILES string of the molecule is Nc1nc2c(-c3ccc(S(=O)(=O)N[C@H]4CO[C@@H]5CCO[C@H]45)c(S(N)(=O)=O)c3-c3nnn[nH]3)cccc2s1. The van der Waals surface area contributed by atoms with Gasteiger partial charge in [0.2, 0.25) is 20.0 Å². The minimum atomic E-state index is -4.64. The number of nitrogens with one attached hydrogen (secondary N) is 2. The van der Waals surface area contributed by atoms with Crippen LogP contribution >= 0.6 is 11.3 Å². The molecule has 6 rings (SSSR count). The number of nitrogens with two attached hydrogens (primary N) is 2. The number of thiazole rings is 1. The van der Waals surface area contributed by atoms with Crippen LogP contribution in [0.3, 0.4) is 0 Å². The van der Waals surface area contributed by atoms with Crippen LogP contribution in [-0.4, -0.2) is 73.9 Å². The summed E-state index contributed by atoms with van der Waals surface area (Å²) < 4.78 is 67.8. The number of hydrogen-bond acceptors (Lipinski definition) is 12. The minimum Gasteiger partial charge on any atom is -0.375 e. The number of hydrogen-bond donors (Lipinski definition) is 4. The summed E-state index contributed by atoms with van der Waals surface area (Å²) in [5.74, 6) is -0.0975. The quantitative estimate of drug-likeness (QED) is 0.248. The van der Waals surface area contributed by atoms with Gasteiger partial charge in [0.1, 0.15) is 15.9 Å². The molecule has 2 aliphatic rings. The van der Waals surface area contributed by atoms with Crippen molar-refractivity contribution in [2.45, 2.75) is 34.5 Å². The van der Waals surface area contributed by atoms with Crippen LogP contribution in [0.25, 0.3) is 32.7 Å². The molecule has 0 spiro atoms. The van der Waals surface area contributed by atoms with E-state index in [9.17, 15) is 16.8 Å². The van der Waals surface area contributed by atoms with Crippen LogP contribution in [0, 0.1) is 0 Å². The highest BCUT2D eigenvalue weighted by atomic mass is 32.2. The fourth-order valence-electron chi connectivity index (χ4n) is 4.80. The molecule has 2 saturated heterocycles. The summed E-state index contributed by atoms with van der Waals surface area (Å²) >= 11 is 1.25. The predicted octanol–water partition coefficient (Wildman–Crippen LogP) is 0.208. The molecule has 4 aromatic rings. The summed E-state index contributed by atoms with van der Waals surface area (Å²) in [5, 5.41) is 19.4. The summed E-state index contributed by atoms with van der Waals surface area (Å²) in [6, 6.07) is 7.21. The lowest BCUT2D eigenvalue weighted by Crippen LogP contribution is -2.44. The molecule has 37 heavy (non-hydrogen) atoms. The lowest BCUT2D eigenvalue weighted by Gasteiger charge is -2.20. The van der Waals surface area contributed by atoms with Crippen molar-refractivity contribution in [1.82, 2.24) is 30.3 Å². The third-order valence-corrected chi connectivity index (χ3v) is 9.78. The second kappa shape index (κ2) is 8.76. The molecule has 2 fully saturated rings. The average Bonchev–Trinajstić information content (AvgIpc) is 3.62. The van der Waals surface area contributed by atoms with Gasteiger partial charge in [-0.25, -0.2) is 36.8 Å². The summed E-state index contributed by atoms with van der Waals surface area (Å²) in [6.07, 6.45) is -0.0534. The number of sulfonamides is 2. The van der Waals surface area contributed by atoms with E-state index in [1.807, 2.05) is 6.07 Å². The van der Waals surface area contributed by atoms with Crippen LogP contribution in [0.4, 0.5) is 5.13 Å². The molecule has 0 unspecified atom stereocenters. The van der Waals surface area contributed by atoms with E-state index in [0.29, 0.717) is 34.8 Å². The van der Waals surface area contributed by atoms with Gasteiger partial charge in [-0.1, -0.05) is 29.5 Å². The molecule has 0 bridgehead atoms. The minimum absolute atomic E-state index is 0.0868. The topological polar surface area (TPSA) is 218 Å². The largest absolute Gasteiger partial charge is 0.375 e. The van der Waals surface area contributed by atoms with Crippen molar-refractivity contribution in [3.05, 3.63) is 30.3 Å². The van der Waals surface area contributed by atoms with Crippen molar-refractivity contribution in [3.63, 3.8) is 0 Å². The van der Waals surface area contributed by atoms with Crippen LogP contribution in [0.1, 0.15) is 6.42 Å². The molecule has 0 aliphatic carbocycles. The molecule has 2 aromatic carbocycles. The number of primary sulfonamides is 1. The Bertz CT molecular complexity index is 1720. The zero-order valence-corrected chi connectivity index (χ0v) is 21.3. The fourth-order valence-corrected chi connectivity index (χ4v) is 8.40. The highest BCUT2D eigenvalue weighted by Gasteiger charge is 2.44. The van der Waals surface area contributed by atoms with Gasteiger partial charge in [0.25, 0.3) is 0 Å². The van der Waals surface area contributed by atoms with E-state index in [1.165, 1.54) is 23.5 Å². The van der Waals surface area contributed by atoms with Gasteiger partial charge in [0, 0.05) is 12.2 Å². The summed E-state index contributed by atoms with van der Waals surface area (Å²) in [4.78, 5) is 3.14. The van der Waals surface area contributed by atoms with Crippen molar-refractivity contribution in [2.24, 2.45) is 5.14 Å². The molecule has 0 radical (unpaired) electrons. The number of H-pyrrole nitrogens is 1. The number of tetrazole rings is 1. The fraction of sp³-hybridized carbons (Fsp3) is 0.300. The number of ether oxygens (including phenoxy) is 2. The van der Waals surface area contributed by atoms with Crippen molar-refractivity contribution in [3.8, 4) is 22.5 Å². The lowest BCUT2D eigenvalue weighted by molar-refractivity contribution is 0.0699. The van der Waals surface area contributed by atoms with Gasteiger partial charge >= 0.3 is 0 Å². The zero-order chi connectivity index (χ0) is 25.9. The molecule has 14 nitrogen and oxygen atoms in total. The molecule has 194 valence electrons. The maximum Gasteiger partial charge on any atom is 0.242 e. The van der Waals surface area contributed by atoms with Gasteiger partial charge in [-0.3, -0.25) is 0 Å². The van der Waals surface area contributed by atoms with E-state index in [0.717, 1.165) is 4.70 Å². The first-order valence-corrected chi connectivity index (χ1v) is 14.8. The predicted molar refractivity (Wildman–Crippen MR) is 132 cm³/mol. The summed E-state index contributed by atoms with van der Waals surface area (Å²) in [5.41, 5.74) is 7.08.